The van der Waals surface area contributed by atoms with E-state index in [1.807, 2.05) is 24.3 Å². The minimum Gasteiger partial charge on any atom is -0.497 e. The number of pyridine rings is 1. The standard InChI is InChI=1S/C18H19N3O3/c1-24-14-6-7-15-13(11-14)12-16(20-15)18(23)19-8-4-10-21-9-3-2-5-17(21)22/h2-3,5-7,9,11-12,20H,4,8,10H2,1H3,(H,19,23). The smallest absolute Gasteiger partial charge is 0.267 e. The Morgan fingerprint density at radius 1 is 1.25 bits per heavy atom. The monoisotopic (exact) mass is 325 g/mol. The maximum Gasteiger partial charge on any atom is 0.267 e. The molecule has 0 aliphatic carbocycles. The molecule has 124 valence electrons. The van der Waals surface area contributed by atoms with Crippen LogP contribution >= 0.6 is 0 Å². The Hall–Kier alpha value is -3.02. The van der Waals surface area contributed by atoms with Gasteiger partial charge in [0.25, 0.3) is 5.91 Å². The zero-order valence-corrected chi connectivity index (χ0v) is 13.4. The lowest BCUT2D eigenvalue weighted by Gasteiger charge is -2.06. The van der Waals surface area contributed by atoms with Crippen molar-refractivity contribution in [2.24, 2.45) is 0 Å². The predicted octanol–water partition coefficient (Wildman–Crippen LogP) is 2.16. The number of ether oxygens (including phenoxy) is 1. The summed E-state index contributed by atoms with van der Waals surface area (Å²) >= 11 is 0. The number of fused-ring (bicyclic) bond motifs is 1. The number of H-pyrrole nitrogens is 1. The number of aryl methyl sites for hydroxylation is 1. The van der Waals surface area contributed by atoms with Crippen molar-refractivity contribution < 1.29 is 9.53 Å². The maximum atomic E-state index is 12.2. The van der Waals surface area contributed by atoms with E-state index in [1.165, 1.54) is 6.07 Å². The molecule has 0 unspecified atom stereocenters. The van der Waals surface area contributed by atoms with Crippen molar-refractivity contribution in [2.75, 3.05) is 13.7 Å². The van der Waals surface area contributed by atoms with Crippen molar-refractivity contribution in [2.45, 2.75) is 13.0 Å². The molecule has 2 aromatic heterocycles. The normalized spacial score (nSPS) is 10.7. The second-order valence-electron chi connectivity index (χ2n) is 5.48. The van der Waals surface area contributed by atoms with E-state index in [2.05, 4.69) is 10.3 Å². The molecular weight excluding hydrogens is 306 g/mol. The van der Waals surface area contributed by atoms with Crippen LogP contribution in [0.2, 0.25) is 0 Å². The Bertz CT molecular complexity index is 911. The molecule has 6 nitrogen and oxygen atoms in total. The molecule has 3 aromatic rings. The number of methoxy groups -OCH3 is 1. The minimum absolute atomic E-state index is 0.0339. The fraction of sp³-hybridized carbons (Fsp3) is 0.222. The average Bonchev–Trinajstić information content (AvgIpc) is 3.03. The van der Waals surface area contributed by atoms with Gasteiger partial charge in [-0.3, -0.25) is 9.59 Å². The Labute approximate surface area is 139 Å². The van der Waals surface area contributed by atoms with Crippen LogP contribution in [-0.4, -0.2) is 29.1 Å². The SMILES string of the molecule is COc1ccc2[nH]c(C(=O)NCCCn3ccccc3=O)cc2c1. The highest BCUT2D eigenvalue weighted by molar-refractivity contribution is 5.98. The number of nitrogens with zero attached hydrogens (tertiary/aromatic N) is 1. The Morgan fingerprint density at radius 2 is 2.12 bits per heavy atom. The molecule has 1 amide bonds. The van der Waals surface area contributed by atoms with E-state index in [9.17, 15) is 9.59 Å². The van der Waals surface area contributed by atoms with Gasteiger partial charge in [-0.05, 0) is 36.8 Å². The van der Waals surface area contributed by atoms with Gasteiger partial charge in [0.05, 0.1) is 7.11 Å². The molecule has 0 fully saturated rings. The third-order valence-corrected chi connectivity index (χ3v) is 3.83. The number of hydrogen-bond acceptors (Lipinski definition) is 3. The van der Waals surface area contributed by atoms with Gasteiger partial charge < -0.3 is 19.6 Å². The second-order valence-corrected chi connectivity index (χ2v) is 5.48. The number of carbonyl (C=O) groups excluding carboxylic acids is 1. The lowest BCUT2D eigenvalue weighted by atomic mass is 10.2. The Balaban J connectivity index is 1.57. The highest BCUT2D eigenvalue weighted by Gasteiger charge is 2.09. The van der Waals surface area contributed by atoms with Gasteiger partial charge in [-0.1, -0.05) is 6.07 Å². The molecule has 24 heavy (non-hydrogen) atoms. The summed E-state index contributed by atoms with van der Waals surface area (Å²) in [6.07, 6.45) is 2.43. The lowest BCUT2D eigenvalue weighted by Crippen LogP contribution is -2.27. The van der Waals surface area contributed by atoms with Crippen molar-refractivity contribution in [3.05, 3.63) is 64.7 Å². The van der Waals surface area contributed by atoms with Crippen LogP contribution in [0.25, 0.3) is 10.9 Å². The van der Waals surface area contributed by atoms with Gasteiger partial charge in [-0.25, -0.2) is 0 Å². The molecule has 2 N–H and O–H groups in total. The third-order valence-electron chi connectivity index (χ3n) is 3.83. The van der Waals surface area contributed by atoms with Crippen LogP contribution in [0.4, 0.5) is 0 Å². The van der Waals surface area contributed by atoms with Crippen molar-refractivity contribution in [3.63, 3.8) is 0 Å². The molecule has 6 heteroatoms. The summed E-state index contributed by atoms with van der Waals surface area (Å²) < 4.78 is 6.81. The summed E-state index contributed by atoms with van der Waals surface area (Å²) in [6.45, 7) is 1.07. The molecule has 0 aliphatic heterocycles. The summed E-state index contributed by atoms with van der Waals surface area (Å²) in [7, 11) is 1.61. The number of amides is 1. The van der Waals surface area contributed by atoms with Gasteiger partial charge >= 0.3 is 0 Å². The maximum absolute atomic E-state index is 12.2. The molecule has 0 saturated heterocycles. The second kappa shape index (κ2) is 7.04. The van der Waals surface area contributed by atoms with Crippen LogP contribution in [0.5, 0.6) is 5.75 Å². The van der Waals surface area contributed by atoms with Gasteiger partial charge in [0, 0.05) is 36.3 Å². The molecule has 0 bridgehead atoms. The van der Waals surface area contributed by atoms with Crippen LogP contribution in [0, 0.1) is 0 Å². The lowest BCUT2D eigenvalue weighted by molar-refractivity contribution is 0.0948. The summed E-state index contributed by atoms with van der Waals surface area (Å²) in [5, 5.41) is 3.79. The van der Waals surface area contributed by atoms with Gasteiger partial charge in [0.2, 0.25) is 5.56 Å². The number of rotatable bonds is 6. The molecule has 0 atom stereocenters. The van der Waals surface area contributed by atoms with Crippen molar-refractivity contribution >= 4 is 16.8 Å². The molecule has 0 saturated carbocycles. The molecule has 2 heterocycles. The zero-order chi connectivity index (χ0) is 16.9. The first-order chi connectivity index (χ1) is 11.7. The summed E-state index contributed by atoms with van der Waals surface area (Å²) in [5.74, 6) is 0.590. The molecule has 0 aliphatic rings. The van der Waals surface area contributed by atoms with E-state index < -0.39 is 0 Å². The van der Waals surface area contributed by atoms with E-state index in [1.54, 1.807) is 30.0 Å². The van der Waals surface area contributed by atoms with Gasteiger partial charge in [0.1, 0.15) is 11.4 Å². The number of benzene rings is 1. The molecule has 3 rings (SSSR count). The summed E-state index contributed by atoms with van der Waals surface area (Å²) in [4.78, 5) is 26.9. The minimum atomic E-state index is -0.162. The van der Waals surface area contributed by atoms with Crippen LogP contribution in [0.3, 0.4) is 0 Å². The first-order valence-corrected chi connectivity index (χ1v) is 7.78. The number of nitrogens with one attached hydrogen (secondary N) is 2. The Kier molecular flexibility index (Phi) is 4.65. The highest BCUT2D eigenvalue weighted by atomic mass is 16.5. The van der Waals surface area contributed by atoms with Crippen LogP contribution in [0.15, 0.2) is 53.5 Å². The van der Waals surface area contributed by atoms with Gasteiger partial charge in [-0.15, -0.1) is 0 Å². The largest absolute Gasteiger partial charge is 0.497 e. The van der Waals surface area contributed by atoms with Crippen molar-refractivity contribution in [1.29, 1.82) is 0 Å². The number of aromatic nitrogens is 2. The van der Waals surface area contributed by atoms with Gasteiger partial charge in [0.15, 0.2) is 0 Å². The van der Waals surface area contributed by atoms with E-state index in [-0.39, 0.29) is 11.5 Å². The topological polar surface area (TPSA) is 76.1 Å². The van der Waals surface area contributed by atoms with E-state index >= 15 is 0 Å². The van der Waals surface area contributed by atoms with Crippen LogP contribution in [0.1, 0.15) is 16.9 Å². The van der Waals surface area contributed by atoms with Crippen molar-refractivity contribution in [1.82, 2.24) is 14.9 Å². The summed E-state index contributed by atoms with van der Waals surface area (Å²) in [5.41, 5.74) is 1.36. The highest BCUT2D eigenvalue weighted by Crippen LogP contribution is 2.21. The third kappa shape index (κ3) is 3.48. The first-order valence-electron chi connectivity index (χ1n) is 7.78. The quantitative estimate of drug-likeness (QED) is 0.682. The van der Waals surface area contributed by atoms with Crippen LogP contribution < -0.4 is 15.6 Å². The fourth-order valence-corrected chi connectivity index (χ4v) is 2.55. The fourth-order valence-electron chi connectivity index (χ4n) is 2.55. The van der Waals surface area contributed by atoms with E-state index in [4.69, 9.17) is 4.74 Å². The zero-order valence-electron chi connectivity index (χ0n) is 13.4. The molecule has 0 radical (unpaired) electrons. The molecule has 1 aromatic carbocycles. The van der Waals surface area contributed by atoms with E-state index in [0.29, 0.717) is 25.2 Å². The average molecular weight is 325 g/mol. The molecule has 0 spiro atoms. The first kappa shape index (κ1) is 15.9. The molecular formula is C18H19N3O3. The van der Waals surface area contributed by atoms with E-state index in [0.717, 1.165) is 16.7 Å². The van der Waals surface area contributed by atoms with Crippen LogP contribution in [-0.2, 0) is 6.54 Å². The Morgan fingerprint density at radius 3 is 2.92 bits per heavy atom. The summed E-state index contributed by atoms with van der Waals surface area (Å²) in [6, 6.07) is 12.5. The number of aromatic amines is 1. The number of hydrogen-bond donors (Lipinski definition) is 2. The van der Waals surface area contributed by atoms with Gasteiger partial charge in [-0.2, -0.15) is 0 Å². The predicted molar refractivity (Wildman–Crippen MR) is 92.5 cm³/mol. The van der Waals surface area contributed by atoms with Crippen molar-refractivity contribution in [3.8, 4) is 5.75 Å². The number of carbonyl (C=O) groups is 1.